The van der Waals surface area contributed by atoms with Gasteiger partial charge < -0.3 is 33.8 Å². The molecule has 2 unspecified atom stereocenters. The predicted molar refractivity (Wildman–Crippen MR) is 418 cm³/mol. The van der Waals surface area contributed by atoms with E-state index in [9.17, 15) is 43.2 Å². The molecule has 0 heterocycles. The number of hydrogen-bond acceptors (Lipinski definition) is 15. The van der Waals surface area contributed by atoms with E-state index in [4.69, 9.17) is 37.0 Å². The molecule has 0 rings (SSSR count). The first kappa shape index (κ1) is 98.8. The molecule has 596 valence electrons. The molecule has 0 saturated heterocycles. The molecule has 0 aromatic rings. The summed E-state index contributed by atoms with van der Waals surface area (Å²) < 4.78 is 68.7. The van der Waals surface area contributed by atoms with Crippen molar-refractivity contribution in [1.29, 1.82) is 0 Å². The van der Waals surface area contributed by atoms with Gasteiger partial charge in [-0.3, -0.25) is 37.3 Å². The Bertz CT molecular complexity index is 2170. The van der Waals surface area contributed by atoms with Crippen molar-refractivity contribution in [3.8, 4) is 0 Å². The lowest BCUT2D eigenvalue weighted by atomic mass is 10.0. The van der Waals surface area contributed by atoms with Crippen molar-refractivity contribution in [1.82, 2.24) is 0 Å². The third kappa shape index (κ3) is 75.0. The van der Waals surface area contributed by atoms with Gasteiger partial charge in [-0.05, 0) is 116 Å². The Labute approximate surface area is 622 Å². The normalized spacial score (nSPS) is 14.1. The molecule has 17 nitrogen and oxygen atoms in total. The maximum atomic E-state index is 13.1. The molecule has 0 spiro atoms. The maximum Gasteiger partial charge on any atom is 0.472 e. The van der Waals surface area contributed by atoms with Gasteiger partial charge in [0.25, 0.3) is 0 Å². The molecule has 3 N–H and O–H groups in total. The Hall–Kier alpha value is -3.24. The largest absolute Gasteiger partial charge is 0.472 e. The second-order valence-electron chi connectivity index (χ2n) is 28.1. The fourth-order valence-corrected chi connectivity index (χ4v) is 13.2. The summed E-state index contributed by atoms with van der Waals surface area (Å²) in [6.07, 6.45) is 76.1. The third-order valence-electron chi connectivity index (χ3n) is 18.0. The minimum absolute atomic E-state index is 0.0812. The summed E-state index contributed by atoms with van der Waals surface area (Å²) in [6.45, 7) is 4.87. The number of carbonyl (C=O) groups is 4. The zero-order chi connectivity index (χ0) is 74.6. The monoisotopic (exact) mass is 1480 g/mol. The van der Waals surface area contributed by atoms with Crippen LogP contribution < -0.4 is 0 Å². The van der Waals surface area contributed by atoms with Crippen LogP contribution in [0.15, 0.2) is 60.8 Å². The van der Waals surface area contributed by atoms with Crippen molar-refractivity contribution in [2.75, 3.05) is 39.6 Å². The van der Waals surface area contributed by atoms with Crippen LogP contribution in [0.5, 0.6) is 0 Å². The van der Waals surface area contributed by atoms with E-state index < -0.39 is 97.5 Å². The number of esters is 4. The molecule has 0 aromatic carbocycles. The minimum atomic E-state index is -4.98. The highest BCUT2D eigenvalue weighted by atomic mass is 31.2. The Morgan fingerprint density at radius 2 is 0.480 bits per heavy atom. The summed E-state index contributed by atoms with van der Waals surface area (Å²) in [5.41, 5.74) is 0. The molecule has 19 heteroatoms. The van der Waals surface area contributed by atoms with Gasteiger partial charge in [-0.1, -0.05) is 307 Å². The molecular formula is C83H152O17P2. The first-order valence-corrected chi connectivity index (χ1v) is 44.5. The number of unbranched alkanes of at least 4 members (excludes halogenated alkanes) is 43. The molecule has 102 heavy (non-hydrogen) atoms. The van der Waals surface area contributed by atoms with E-state index in [2.05, 4.69) is 88.5 Å². The van der Waals surface area contributed by atoms with Gasteiger partial charge in [0.05, 0.1) is 26.4 Å². The molecule has 0 aromatic heterocycles. The summed E-state index contributed by atoms with van der Waals surface area (Å²) in [7, 11) is -9.95. The average Bonchev–Trinajstić information content (AvgIpc) is 1.12. The van der Waals surface area contributed by atoms with E-state index in [1.807, 2.05) is 0 Å². The summed E-state index contributed by atoms with van der Waals surface area (Å²) in [5, 5.41) is 10.7. The fourth-order valence-electron chi connectivity index (χ4n) is 11.6. The van der Waals surface area contributed by atoms with Crippen LogP contribution in [-0.2, 0) is 65.4 Å². The van der Waals surface area contributed by atoms with Gasteiger partial charge in [0, 0.05) is 25.7 Å². The molecule has 0 amide bonds. The maximum absolute atomic E-state index is 13.1. The van der Waals surface area contributed by atoms with Crippen molar-refractivity contribution < 1.29 is 80.2 Å². The number of allylic oxidation sites excluding steroid dienone is 10. The van der Waals surface area contributed by atoms with Crippen LogP contribution in [0.4, 0.5) is 0 Å². The highest BCUT2D eigenvalue weighted by molar-refractivity contribution is 7.47. The molecule has 0 radical (unpaired) electrons. The predicted octanol–water partition coefficient (Wildman–Crippen LogP) is 24.2. The third-order valence-corrected chi connectivity index (χ3v) is 19.9. The Kier molecular flexibility index (Phi) is 73.6. The van der Waals surface area contributed by atoms with Crippen molar-refractivity contribution >= 4 is 39.5 Å². The van der Waals surface area contributed by atoms with E-state index in [-0.39, 0.29) is 25.7 Å². The summed E-state index contributed by atoms with van der Waals surface area (Å²) in [6, 6.07) is 0. The van der Waals surface area contributed by atoms with Crippen LogP contribution in [0.2, 0.25) is 0 Å². The molecule has 5 atom stereocenters. The molecule has 0 aliphatic carbocycles. The Morgan fingerprint density at radius 3 is 0.755 bits per heavy atom. The zero-order valence-electron chi connectivity index (χ0n) is 65.3. The van der Waals surface area contributed by atoms with Crippen LogP contribution in [-0.4, -0.2) is 96.7 Å². The quantitative estimate of drug-likeness (QED) is 0.0169. The number of ether oxygens (including phenoxy) is 4. The van der Waals surface area contributed by atoms with Gasteiger partial charge in [-0.15, -0.1) is 0 Å². The number of hydrogen-bond donors (Lipinski definition) is 3. The standard InChI is InChI=1S/C83H152O17P2/c1-5-9-13-17-21-25-29-33-37-38-42-46-50-54-58-62-66-70-83(88)100-79(74-94-81(86)68-64-60-56-52-48-44-40-35-31-27-23-19-15-11-7-3)76-98-102(91,92)96-72-77(84)71-95-101(89,90)97-75-78(99-82(87)69-65-61-57-53-49-45-41-36-32-28-24-20-16-12-8-4)73-93-80(85)67-63-59-55-51-47-43-39-34-30-26-22-18-14-10-6-2/h23-24,27-28,34-36,39-41,77-79,84H,5-22,25-26,29-33,37-38,42-76H2,1-4H3,(H,89,90)(H,91,92)/b27-23-,28-24-,39-34-,40-35-,41-36-/t77-,78-,79-/m1/s1. The first-order valence-electron chi connectivity index (χ1n) is 41.5. The second-order valence-corrected chi connectivity index (χ2v) is 31.0. The molecule has 0 aliphatic heterocycles. The van der Waals surface area contributed by atoms with Gasteiger partial charge >= 0.3 is 39.5 Å². The lowest BCUT2D eigenvalue weighted by molar-refractivity contribution is -0.161. The highest BCUT2D eigenvalue weighted by Gasteiger charge is 2.30. The number of phosphoric acid groups is 2. The molecule has 0 aliphatic rings. The lowest BCUT2D eigenvalue weighted by Crippen LogP contribution is -2.30. The van der Waals surface area contributed by atoms with Crippen LogP contribution in [0.3, 0.4) is 0 Å². The SMILES string of the molecule is CCCCC/C=C\C/C=C\CCCCCCCC(=O)OC[C@H](COP(=O)(O)OC[C@H](O)COP(=O)(O)OC[C@@H](COC(=O)CCCCCCC/C=C\CCCCCCCC)OC(=O)CCCCCCC/C=C\C/C=C\CCCCC)OC(=O)CCCCCCCCCCCCCCCCCCC. The van der Waals surface area contributed by atoms with Crippen LogP contribution in [0, 0.1) is 0 Å². The lowest BCUT2D eigenvalue weighted by Gasteiger charge is -2.21. The topological polar surface area (TPSA) is 237 Å². The molecular weight excluding hydrogens is 1330 g/mol. The van der Waals surface area contributed by atoms with Crippen molar-refractivity contribution in [2.24, 2.45) is 0 Å². The fraction of sp³-hybridized carbons (Fsp3) is 0.831. The number of carbonyl (C=O) groups excluding carboxylic acids is 4. The van der Waals surface area contributed by atoms with Crippen LogP contribution in [0.25, 0.3) is 0 Å². The van der Waals surface area contributed by atoms with Crippen LogP contribution in [0.1, 0.15) is 387 Å². The number of aliphatic hydroxyl groups is 1. The Morgan fingerprint density at radius 1 is 0.275 bits per heavy atom. The van der Waals surface area contributed by atoms with Crippen molar-refractivity contribution in [3.05, 3.63) is 60.8 Å². The Balaban J connectivity index is 5.35. The number of rotatable bonds is 79. The summed E-state index contributed by atoms with van der Waals surface area (Å²) in [5.74, 6) is -2.18. The van der Waals surface area contributed by atoms with Crippen molar-refractivity contribution in [2.45, 2.75) is 406 Å². The van der Waals surface area contributed by atoms with Crippen molar-refractivity contribution in [3.63, 3.8) is 0 Å². The van der Waals surface area contributed by atoms with Gasteiger partial charge in [-0.25, -0.2) is 9.13 Å². The molecule has 0 bridgehead atoms. The number of aliphatic hydroxyl groups excluding tert-OH is 1. The summed E-state index contributed by atoms with van der Waals surface area (Å²) in [4.78, 5) is 73.1. The molecule has 0 fully saturated rings. The van der Waals surface area contributed by atoms with E-state index in [1.165, 1.54) is 154 Å². The second kappa shape index (κ2) is 76.0. The number of phosphoric ester groups is 2. The van der Waals surface area contributed by atoms with E-state index in [0.717, 1.165) is 154 Å². The molecule has 0 saturated carbocycles. The van der Waals surface area contributed by atoms with Gasteiger partial charge in [0.2, 0.25) is 0 Å². The first-order chi connectivity index (χ1) is 49.7. The van der Waals surface area contributed by atoms with E-state index >= 15 is 0 Å². The van der Waals surface area contributed by atoms with Gasteiger partial charge in [0.15, 0.2) is 12.2 Å². The highest BCUT2D eigenvalue weighted by Crippen LogP contribution is 2.45. The van der Waals surface area contributed by atoms with Crippen LogP contribution >= 0.6 is 15.6 Å². The zero-order valence-corrected chi connectivity index (χ0v) is 67.1. The van der Waals surface area contributed by atoms with E-state index in [1.54, 1.807) is 0 Å². The summed E-state index contributed by atoms with van der Waals surface area (Å²) >= 11 is 0. The van der Waals surface area contributed by atoms with E-state index in [0.29, 0.717) is 25.7 Å². The smallest absolute Gasteiger partial charge is 0.462 e. The van der Waals surface area contributed by atoms with Gasteiger partial charge in [0.1, 0.15) is 19.3 Å². The minimum Gasteiger partial charge on any atom is -0.462 e. The average molecular weight is 1480 g/mol. The van der Waals surface area contributed by atoms with Gasteiger partial charge in [-0.2, -0.15) is 0 Å².